The summed E-state index contributed by atoms with van der Waals surface area (Å²) in [6.07, 6.45) is 1.98. The van der Waals surface area contributed by atoms with E-state index in [4.69, 9.17) is 5.73 Å². The molecule has 0 fully saturated rings. The van der Waals surface area contributed by atoms with Crippen LogP contribution in [0.3, 0.4) is 0 Å². The van der Waals surface area contributed by atoms with Crippen LogP contribution < -0.4 is 5.73 Å². The van der Waals surface area contributed by atoms with E-state index in [0.29, 0.717) is 6.54 Å². The maximum absolute atomic E-state index is 5.84. The minimum atomic E-state index is 0.133. The quantitative estimate of drug-likeness (QED) is 0.851. The van der Waals surface area contributed by atoms with Crippen LogP contribution in [0.15, 0.2) is 36.5 Å². The molecule has 3 heteroatoms. The van der Waals surface area contributed by atoms with Crippen LogP contribution in [0.2, 0.25) is 0 Å². The van der Waals surface area contributed by atoms with Gasteiger partial charge < -0.3 is 5.73 Å². The van der Waals surface area contributed by atoms with E-state index in [1.165, 1.54) is 11.1 Å². The molecule has 2 rings (SSSR count). The van der Waals surface area contributed by atoms with Crippen LogP contribution in [0.25, 0.3) is 0 Å². The van der Waals surface area contributed by atoms with Gasteiger partial charge in [0.25, 0.3) is 0 Å². The Morgan fingerprint density at radius 3 is 2.69 bits per heavy atom. The lowest BCUT2D eigenvalue weighted by Crippen LogP contribution is -2.21. The summed E-state index contributed by atoms with van der Waals surface area (Å²) in [6, 6.07) is 10.5. The summed E-state index contributed by atoms with van der Waals surface area (Å²) in [5.74, 6) is 0. The molecule has 2 N–H and O–H groups in total. The van der Waals surface area contributed by atoms with E-state index in [9.17, 15) is 0 Å². The summed E-state index contributed by atoms with van der Waals surface area (Å²) in [5.41, 5.74) is 9.32. The highest BCUT2D eigenvalue weighted by atomic mass is 15.3. The highest BCUT2D eigenvalue weighted by Gasteiger charge is 2.12. The van der Waals surface area contributed by atoms with Gasteiger partial charge in [0.05, 0.1) is 11.7 Å². The van der Waals surface area contributed by atoms with E-state index < -0.39 is 0 Å². The lowest BCUT2D eigenvalue weighted by atomic mass is 10.0. The number of nitrogens with zero attached hydrogens (tertiary/aromatic N) is 2. The predicted molar refractivity (Wildman–Crippen MR) is 65.3 cm³/mol. The third kappa shape index (κ3) is 2.14. The first-order valence-corrected chi connectivity index (χ1v) is 5.49. The number of aryl methyl sites for hydroxylation is 2. The van der Waals surface area contributed by atoms with Crippen molar-refractivity contribution in [1.29, 1.82) is 0 Å². The second-order valence-electron chi connectivity index (χ2n) is 4.10. The van der Waals surface area contributed by atoms with Gasteiger partial charge in [0.2, 0.25) is 0 Å². The molecule has 0 aliphatic heterocycles. The fourth-order valence-electron chi connectivity index (χ4n) is 1.88. The van der Waals surface area contributed by atoms with Crippen LogP contribution >= 0.6 is 0 Å². The Balaban J connectivity index is 2.36. The number of aromatic nitrogens is 2. The van der Waals surface area contributed by atoms with E-state index >= 15 is 0 Å². The van der Waals surface area contributed by atoms with Gasteiger partial charge in [-0.2, -0.15) is 5.10 Å². The highest BCUT2D eigenvalue weighted by Crippen LogP contribution is 2.17. The number of nitrogens with two attached hydrogens (primary N) is 1. The largest absolute Gasteiger partial charge is 0.328 e. The summed E-state index contributed by atoms with van der Waals surface area (Å²) in [6.45, 7) is 4.64. The molecule has 3 nitrogen and oxygen atoms in total. The molecule has 1 atom stereocenters. The van der Waals surface area contributed by atoms with Gasteiger partial charge in [0.1, 0.15) is 0 Å². The average Bonchev–Trinajstić information content (AvgIpc) is 2.66. The molecule has 0 bridgehead atoms. The Kier molecular flexibility index (Phi) is 3.06. The average molecular weight is 215 g/mol. The van der Waals surface area contributed by atoms with Crippen molar-refractivity contribution in [3.05, 3.63) is 53.3 Å². The van der Waals surface area contributed by atoms with Crippen LogP contribution in [-0.4, -0.2) is 16.3 Å². The van der Waals surface area contributed by atoms with Gasteiger partial charge in [-0.3, -0.25) is 4.68 Å². The smallest absolute Gasteiger partial charge is 0.0890 e. The standard InChI is InChI=1S/C13H17N3/c1-10-4-3-5-12(8-10)13(9-14)16-7-6-11(2)15-16/h3-8,13H,9,14H2,1-2H3. The molecule has 0 aliphatic carbocycles. The van der Waals surface area contributed by atoms with Gasteiger partial charge in [-0.15, -0.1) is 0 Å². The lowest BCUT2D eigenvalue weighted by Gasteiger charge is -2.16. The summed E-state index contributed by atoms with van der Waals surface area (Å²) in [5, 5.41) is 4.42. The molecule has 1 unspecified atom stereocenters. The molecule has 1 aromatic heterocycles. The number of hydrogen-bond donors (Lipinski definition) is 1. The van der Waals surface area contributed by atoms with Crippen molar-refractivity contribution in [2.45, 2.75) is 19.9 Å². The molecule has 2 aromatic rings. The fraction of sp³-hybridized carbons (Fsp3) is 0.308. The Morgan fingerprint density at radius 2 is 2.12 bits per heavy atom. The highest BCUT2D eigenvalue weighted by molar-refractivity contribution is 5.26. The third-order valence-corrected chi connectivity index (χ3v) is 2.71. The molecule has 0 radical (unpaired) electrons. The Hall–Kier alpha value is -1.61. The zero-order valence-electron chi connectivity index (χ0n) is 9.72. The zero-order chi connectivity index (χ0) is 11.5. The van der Waals surface area contributed by atoms with Gasteiger partial charge in [0.15, 0.2) is 0 Å². The van der Waals surface area contributed by atoms with Crippen molar-refractivity contribution in [3.63, 3.8) is 0 Å². The first-order chi connectivity index (χ1) is 7.70. The third-order valence-electron chi connectivity index (χ3n) is 2.71. The molecule has 0 amide bonds. The number of hydrogen-bond acceptors (Lipinski definition) is 2. The normalized spacial score (nSPS) is 12.7. The van der Waals surface area contributed by atoms with E-state index in [0.717, 1.165) is 5.69 Å². The first-order valence-electron chi connectivity index (χ1n) is 5.49. The van der Waals surface area contributed by atoms with Gasteiger partial charge in [0, 0.05) is 12.7 Å². The minimum absolute atomic E-state index is 0.133. The van der Waals surface area contributed by atoms with Crippen molar-refractivity contribution in [2.24, 2.45) is 5.73 Å². The molecule has 1 heterocycles. The van der Waals surface area contributed by atoms with E-state index in [1.807, 2.05) is 23.9 Å². The molecule has 0 saturated carbocycles. The van der Waals surface area contributed by atoms with E-state index in [1.54, 1.807) is 0 Å². The Morgan fingerprint density at radius 1 is 1.31 bits per heavy atom. The van der Waals surface area contributed by atoms with Gasteiger partial charge in [-0.05, 0) is 25.5 Å². The molecular weight excluding hydrogens is 198 g/mol. The maximum Gasteiger partial charge on any atom is 0.0890 e. The molecule has 0 spiro atoms. The van der Waals surface area contributed by atoms with Crippen molar-refractivity contribution < 1.29 is 0 Å². The zero-order valence-corrected chi connectivity index (χ0v) is 9.72. The second kappa shape index (κ2) is 4.49. The van der Waals surface area contributed by atoms with Gasteiger partial charge >= 0.3 is 0 Å². The van der Waals surface area contributed by atoms with Gasteiger partial charge in [-0.1, -0.05) is 29.8 Å². The van der Waals surface area contributed by atoms with Crippen molar-refractivity contribution >= 4 is 0 Å². The SMILES string of the molecule is Cc1cccc(C(CN)n2ccc(C)n2)c1. The first kappa shape index (κ1) is 10.9. The summed E-state index contributed by atoms with van der Waals surface area (Å²) in [7, 11) is 0. The predicted octanol–water partition coefficient (Wildman–Crippen LogP) is 2.05. The molecule has 84 valence electrons. The minimum Gasteiger partial charge on any atom is -0.328 e. The molecule has 16 heavy (non-hydrogen) atoms. The molecule has 0 saturated heterocycles. The van der Waals surface area contributed by atoms with Crippen LogP contribution in [-0.2, 0) is 0 Å². The topological polar surface area (TPSA) is 43.8 Å². The summed E-state index contributed by atoms with van der Waals surface area (Å²) < 4.78 is 1.93. The fourth-order valence-corrected chi connectivity index (χ4v) is 1.88. The van der Waals surface area contributed by atoms with Crippen molar-refractivity contribution in [2.75, 3.05) is 6.54 Å². The second-order valence-corrected chi connectivity index (χ2v) is 4.10. The van der Waals surface area contributed by atoms with Crippen LogP contribution in [0.4, 0.5) is 0 Å². The molecular formula is C13H17N3. The van der Waals surface area contributed by atoms with Crippen molar-refractivity contribution in [3.8, 4) is 0 Å². The molecule has 0 aliphatic rings. The van der Waals surface area contributed by atoms with E-state index in [2.05, 4.69) is 36.3 Å². The van der Waals surface area contributed by atoms with Crippen molar-refractivity contribution in [1.82, 2.24) is 9.78 Å². The maximum atomic E-state index is 5.84. The summed E-state index contributed by atoms with van der Waals surface area (Å²) >= 11 is 0. The summed E-state index contributed by atoms with van der Waals surface area (Å²) in [4.78, 5) is 0. The van der Waals surface area contributed by atoms with Crippen LogP contribution in [0.5, 0.6) is 0 Å². The van der Waals surface area contributed by atoms with Gasteiger partial charge in [-0.25, -0.2) is 0 Å². The number of benzene rings is 1. The number of rotatable bonds is 3. The van der Waals surface area contributed by atoms with E-state index in [-0.39, 0.29) is 6.04 Å². The Bertz CT molecular complexity index is 474. The van der Waals surface area contributed by atoms with Crippen LogP contribution in [0.1, 0.15) is 22.9 Å². The monoisotopic (exact) mass is 215 g/mol. The van der Waals surface area contributed by atoms with Crippen LogP contribution in [0, 0.1) is 13.8 Å². The molecule has 1 aromatic carbocycles. The lowest BCUT2D eigenvalue weighted by molar-refractivity contribution is 0.528. The Labute approximate surface area is 95.9 Å².